The van der Waals surface area contributed by atoms with Gasteiger partial charge in [-0.25, -0.2) is 0 Å². The van der Waals surface area contributed by atoms with E-state index >= 15 is 0 Å². The van der Waals surface area contributed by atoms with Gasteiger partial charge >= 0.3 is 0 Å². The van der Waals surface area contributed by atoms with Crippen LogP contribution in [0.25, 0.3) is 0 Å². The van der Waals surface area contributed by atoms with E-state index < -0.39 is 6.10 Å². The summed E-state index contributed by atoms with van der Waals surface area (Å²) in [5.74, 6) is 1.35. The Kier molecular flexibility index (Phi) is 7.73. The fraction of sp³-hybridized carbons (Fsp3) is 0.650. The number of nitrogens with one attached hydrogen (secondary N) is 2. The molecule has 4 unspecified atom stereocenters. The predicted octanol–water partition coefficient (Wildman–Crippen LogP) is 2.58. The van der Waals surface area contributed by atoms with Gasteiger partial charge in [0.1, 0.15) is 0 Å². The minimum absolute atomic E-state index is 0. The highest BCUT2D eigenvalue weighted by Gasteiger charge is 2.59. The number of aliphatic hydroxyl groups is 1. The van der Waals surface area contributed by atoms with Crippen LogP contribution < -0.4 is 10.6 Å². The molecule has 5 nitrogen and oxygen atoms in total. The molecule has 1 saturated carbocycles. The number of aliphatic imine (C=N–C) groups is 1. The summed E-state index contributed by atoms with van der Waals surface area (Å²) in [6.07, 6.45) is 1.62. The van der Waals surface area contributed by atoms with Gasteiger partial charge < -0.3 is 20.5 Å². The number of halogens is 1. The molecule has 1 aliphatic heterocycles. The molecule has 0 radical (unpaired) electrons. The van der Waals surface area contributed by atoms with Crippen molar-refractivity contribution in [1.82, 2.24) is 10.6 Å². The van der Waals surface area contributed by atoms with Gasteiger partial charge in [0, 0.05) is 36.9 Å². The molecule has 0 spiro atoms. The van der Waals surface area contributed by atoms with Gasteiger partial charge in [0.15, 0.2) is 5.96 Å². The third-order valence-electron chi connectivity index (χ3n) is 5.51. The molecular formula is C20H32IN3O2. The van der Waals surface area contributed by atoms with Crippen molar-refractivity contribution in [3.8, 4) is 0 Å². The minimum Gasteiger partial charge on any atom is -0.391 e. The van der Waals surface area contributed by atoms with Crippen molar-refractivity contribution in [2.24, 2.45) is 16.3 Å². The van der Waals surface area contributed by atoms with Crippen LogP contribution in [-0.4, -0.2) is 49.0 Å². The maximum absolute atomic E-state index is 10.3. The largest absolute Gasteiger partial charge is 0.391 e. The number of fused-ring (bicyclic) bond motifs is 1. The Hall–Kier alpha value is -0.860. The Balaban J connectivity index is 0.00000243. The zero-order valence-electron chi connectivity index (χ0n) is 15.9. The van der Waals surface area contributed by atoms with Crippen molar-refractivity contribution in [3.05, 3.63) is 35.9 Å². The van der Waals surface area contributed by atoms with Gasteiger partial charge in [-0.2, -0.15) is 0 Å². The van der Waals surface area contributed by atoms with Crippen LogP contribution in [0.5, 0.6) is 0 Å². The Morgan fingerprint density at radius 3 is 2.77 bits per heavy atom. The highest BCUT2D eigenvalue weighted by Crippen LogP contribution is 2.52. The molecular weight excluding hydrogens is 441 g/mol. The van der Waals surface area contributed by atoms with Gasteiger partial charge in [0.05, 0.1) is 18.8 Å². The van der Waals surface area contributed by atoms with Crippen LogP contribution in [0.2, 0.25) is 0 Å². The van der Waals surface area contributed by atoms with E-state index in [4.69, 9.17) is 4.74 Å². The Morgan fingerprint density at radius 1 is 1.35 bits per heavy atom. The van der Waals surface area contributed by atoms with Crippen molar-refractivity contribution in [2.75, 3.05) is 19.7 Å². The number of hydrogen-bond acceptors (Lipinski definition) is 3. The molecule has 0 aromatic heterocycles. The fourth-order valence-electron chi connectivity index (χ4n) is 4.23. The van der Waals surface area contributed by atoms with Crippen molar-refractivity contribution in [1.29, 1.82) is 0 Å². The molecule has 2 fully saturated rings. The highest BCUT2D eigenvalue weighted by atomic mass is 127. The first kappa shape index (κ1) is 21.4. The van der Waals surface area contributed by atoms with E-state index in [-0.39, 0.29) is 29.4 Å². The molecule has 3 N–H and O–H groups in total. The van der Waals surface area contributed by atoms with Gasteiger partial charge in [-0.3, -0.25) is 4.99 Å². The third kappa shape index (κ3) is 4.70. The van der Waals surface area contributed by atoms with Crippen molar-refractivity contribution < 1.29 is 9.84 Å². The van der Waals surface area contributed by atoms with Crippen LogP contribution in [0, 0.1) is 11.3 Å². The lowest BCUT2D eigenvalue weighted by Gasteiger charge is -2.54. The van der Waals surface area contributed by atoms with E-state index in [9.17, 15) is 5.11 Å². The zero-order chi connectivity index (χ0) is 17.9. The molecule has 0 amide bonds. The van der Waals surface area contributed by atoms with Gasteiger partial charge in [-0.05, 0) is 18.9 Å². The molecule has 4 atom stereocenters. The van der Waals surface area contributed by atoms with Crippen LogP contribution in [0.1, 0.15) is 32.8 Å². The first-order chi connectivity index (χ1) is 12.0. The second-order valence-electron chi connectivity index (χ2n) is 7.75. The molecule has 1 heterocycles. The van der Waals surface area contributed by atoms with Gasteiger partial charge in [-0.1, -0.05) is 44.2 Å². The van der Waals surface area contributed by atoms with Crippen molar-refractivity contribution >= 4 is 29.9 Å². The van der Waals surface area contributed by atoms with Gasteiger partial charge in [0.2, 0.25) is 0 Å². The Bertz CT molecular complexity index is 594. The topological polar surface area (TPSA) is 65.9 Å². The quantitative estimate of drug-likeness (QED) is 0.338. The smallest absolute Gasteiger partial charge is 0.191 e. The normalized spacial score (nSPS) is 27.7. The van der Waals surface area contributed by atoms with E-state index in [0.717, 1.165) is 31.1 Å². The lowest BCUT2D eigenvalue weighted by Crippen LogP contribution is -2.68. The minimum atomic E-state index is -0.477. The summed E-state index contributed by atoms with van der Waals surface area (Å²) in [6.45, 7) is 8.63. The summed E-state index contributed by atoms with van der Waals surface area (Å²) < 4.78 is 5.86. The lowest BCUT2D eigenvalue weighted by molar-refractivity contribution is -0.106. The number of nitrogens with zero attached hydrogens (tertiary/aromatic N) is 1. The number of rotatable bonds is 6. The van der Waals surface area contributed by atoms with Gasteiger partial charge in [-0.15, -0.1) is 24.0 Å². The molecule has 1 aliphatic carbocycles. The van der Waals surface area contributed by atoms with E-state index in [1.807, 2.05) is 30.3 Å². The number of hydrogen-bond donors (Lipinski definition) is 3. The Labute approximate surface area is 174 Å². The van der Waals surface area contributed by atoms with Crippen LogP contribution in [-0.2, 0) is 11.2 Å². The summed E-state index contributed by atoms with van der Waals surface area (Å²) in [5, 5.41) is 17.2. The van der Waals surface area contributed by atoms with Crippen LogP contribution in [0.4, 0.5) is 0 Å². The van der Waals surface area contributed by atoms with Gasteiger partial charge in [0.25, 0.3) is 0 Å². The van der Waals surface area contributed by atoms with Crippen LogP contribution in [0.3, 0.4) is 0 Å². The molecule has 26 heavy (non-hydrogen) atoms. The van der Waals surface area contributed by atoms with E-state index in [0.29, 0.717) is 31.0 Å². The monoisotopic (exact) mass is 473 g/mol. The van der Waals surface area contributed by atoms with E-state index in [1.54, 1.807) is 0 Å². The number of benzene rings is 1. The average molecular weight is 473 g/mol. The molecule has 2 aliphatic rings. The number of aliphatic hydroxyl groups excluding tert-OH is 1. The molecule has 0 bridgehead atoms. The molecule has 1 aromatic carbocycles. The summed E-state index contributed by atoms with van der Waals surface area (Å²) in [7, 11) is 0. The molecule has 3 rings (SSSR count). The summed E-state index contributed by atoms with van der Waals surface area (Å²) in [4.78, 5) is 4.61. The molecule has 1 aromatic rings. The molecule has 146 valence electrons. The summed E-state index contributed by atoms with van der Waals surface area (Å²) >= 11 is 0. The first-order valence-electron chi connectivity index (χ1n) is 9.40. The van der Waals surface area contributed by atoms with E-state index in [1.165, 1.54) is 0 Å². The summed E-state index contributed by atoms with van der Waals surface area (Å²) in [5.41, 5.74) is 1.24. The zero-order valence-corrected chi connectivity index (χ0v) is 18.3. The first-order valence-corrected chi connectivity index (χ1v) is 9.40. The lowest BCUT2D eigenvalue weighted by atomic mass is 9.57. The second kappa shape index (κ2) is 9.37. The maximum atomic E-state index is 10.3. The van der Waals surface area contributed by atoms with E-state index in [2.05, 4.69) is 36.4 Å². The SMILES string of the molecule is CCNC(=NCC(O)Cc1ccccc1)NC1C2CCOC2C1(C)C.I. The van der Waals surface area contributed by atoms with Crippen molar-refractivity contribution in [3.63, 3.8) is 0 Å². The number of guanidine groups is 1. The van der Waals surface area contributed by atoms with Crippen molar-refractivity contribution in [2.45, 2.75) is 51.9 Å². The summed E-state index contributed by atoms with van der Waals surface area (Å²) in [6, 6.07) is 10.4. The molecule has 1 saturated heterocycles. The predicted molar refractivity (Wildman–Crippen MR) is 116 cm³/mol. The number of ether oxygens (including phenoxy) is 1. The molecule has 6 heteroatoms. The standard InChI is InChI=1S/C20H31N3O2.HI/c1-4-21-19(22-13-15(24)12-14-8-6-5-7-9-14)23-17-16-10-11-25-18(16)20(17,2)3;/h5-9,15-18,24H,4,10-13H2,1-3H3,(H2,21,22,23);1H. The second-order valence-corrected chi connectivity index (χ2v) is 7.75. The Morgan fingerprint density at radius 2 is 2.08 bits per heavy atom. The fourth-order valence-corrected chi connectivity index (χ4v) is 4.23. The maximum Gasteiger partial charge on any atom is 0.191 e. The highest BCUT2D eigenvalue weighted by molar-refractivity contribution is 14.0. The third-order valence-corrected chi connectivity index (χ3v) is 5.51. The van der Waals surface area contributed by atoms with Crippen LogP contribution >= 0.6 is 24.0 Å². The van der Waals surface area contributed by atoms with Crippen LogP contribution in [0.15, 0.2) is 35.3 Å². The average Bonchev–Trinajstić information content (AvgIpc) is 3.05.